The predicted molar refractivity (Wildman–Crippen MR) is 119 cm³/mol. The van der Waals surface area contributed by atoms with Crippen LogP contribution < -0.4 is 10.6 Å². The number of alkyl halides is 3. The van der Waals surface area contributed by atoms with E-state index in [4.69, 9.17) is 0 Å². The Morgan fingerprint density at radius 2 is 1.69 bits per heavy atom. The van der Waals surface area contributed by atoms with E-state index in [0.29, 0.717) is 35.0 Å². The lowest BCUT2D eigenvalue weighted by atomic mass is 10.1. The van der Waals surface area contributed by atoms with Crippen LogP contribution in [0.15, 0.2) is 73.1 Å². The molecular formula is C23H22F3N5O. The molecule has 0 aliphatic heterocycles. The molecule has 1 aromatic heterocycles. The second-order valence-corrected chi connectivity index (χ2v) is 7.19. The van der Waals surface area contributed by atoms with Gasteiger partial charge in [0.25, 0.3) is 0 Å². The van der Waals surface area contributed by atoms with Crippen LogP contribution in [0.1, 0.15) is 5.56 Å². The van der Waals surface area contributed by atoms with Crippen LogP contribution in [-0.2, 0) is 11.0 Å². The number of rotatable bonds is 7. The molecule has 32 heavy (non-hydrogen) atoms. The highest BCUT2D eigenvalue weighted by Gasteiger charge is 2.29. The summed E-state index contributed by atoms with van der Waals surface area (Å²) in [6, 6.07) is 11.5. The molecule has 166 valence electrons. The molecular weight excluding hydrogens is 419 g/mol. The number of likely N-dealkylation sites (N-methyl/N-ethyl adjacent to an activating group) is 1. The summed E-state index contributed by atoms with van der Waals surface area (Å²) in [6.07, 6.45) is 1.96. The first-order valence-electron chi connectivity index (χ1n) is 9.70. The van der Waals surface area contributed by atoms with E-state index in [0.717, 1.165) is 12.1 Å². The van der Waals surface area contributed by atoms with Crippen molar-refractivity contribution < 1.29 is 18.0 Å². The summed E-state index contributed by atoms with van der Waals surface area (Å²) in [7, 11) is 3.80. The molecule has 2 aromatic carbocycles. The van der Waals surface area contributed by atoms with E-state index in [1.807, 2.05) is 19.0 Å². The third-order valence-corrected chi connectivity index (χ3v) is 4.32. The van der Waals surface area contributed by atoms with Gasteiger partial charge in [0.15, 0.2) is 5.82 Å². The zero-order chi connectivity index (χ0) is 23.1. The molecule has 0 unspecified atom stereocenters. The van der Waals surface area contributed by atoms with Crippen LogP contribution >= 0.6 is 0 Å². The molecule has 0 saturated carbocycles. The number of carbonyl (C=O) groups is 1. The SMILES string of the molecule is CN(C)C/C=C/C(=O)Nc1ccc(Nc2ccc(C(F)(F)F)cc2)c(-c2ncccn2)c1. The first kappa shape index (κ1) is 23.0. The summed E-state index contributed by atoms with van der Waals surface area (Å²) < 4.78 is 38.5. The lowest BCUT2D eigenvalue weighted by molar-refractivity contribution is -0.137. The molecule has 0 spiro atoms. The summed E-state index contributed by atoms with van der Waals surface area (Å²) in [5.41, 5.74) is 1.44. The second-order valence-electron chi connectivity index (χ2n) is 7.19. The molecule has 0 atom stereocenters. The number of halogens is 3. The minimum absolute atomic E-state index is 0.282. The smallest absolute Gasteiger partial charge is 0.355 e. The van der Waals surface area contributed by atoms with E-state index < -0.39 is 11.7 Å². The van der Waals surface area contributed by atoms with Crippen molar-refractivity contribution in [1.29, 1.82) is 0 Å². The topological polar surface area (TPSA) is 70.2 Å². The second kappa shape index (κ2) is 10.1. The first-order chi connectivity index (χ1) is 15.2. The maximum absolute atomic E-state index is 12.8. The molecule has 3 rings (SSSR count). The summed E-state index contributed by atoms with van der Waals surface area (Å²) >= 11 is 0. The van der Waals surface area contributed by atoms with Crippen LogP contribution in [0.2, 0.25) is 0 Å². The summed E-state index contributed by atoms with van der Waals surface area (Å²) in [5.74, 6) is 0.122. The van der Waals surface area contributed by atoms with Gasteiger partial charge in [-0.2, -0.15) is 13.2 Å². The van der Waals surface area contributed by atoms with Crippen molar-refractivity contribution in [2.45, 2.75) is 6.18 Å². The maximum Gasteiger partial charge on any atom is 0.416 e. The third kappa shape index (κ3) is 6.39. The maximum atomic E-state index is 12.8. The van der Waals surface area contributed by atoms with Crippen LogP contribution in [0.25, 0.3) is 11.4 Å². The number of carbonyl (C=O) groups excluding carboxylic acids is 1. The van der Waals surface area contributed by atoms with Crippen molar-refractivity contribution in [3.8, 4) is 11.4 Å². The van der Waals surface area contributed by atoms with Crippen molar-refractivity contribution in [2.24, 2.45) is 0 Å². The van der Waals surface area contributed by atoms with E-state index in [1.54, 1.807) is 42.7 Å². The van der Waals surface area contributed by atoms with Gasteiger partial charge in [-0.15, -0.1) is 0 Å². The monoisotopic (exact) mass is 441 g/mol. The number of hydrogen-bond acceptors (Lipinski definition) is 5. The molecule has 1 heterocycles. The van der Waals surface area contributed by atoms with Gasteiger partial charge in [0.2, 0.25) is 5.91 Å². The van der Waals surface area contributed by atoms with Gasteiger partial charge in [-0.3, -0.25) is 4.79 Å². The van der Waals surface area contributed by atoms with Gasteiger partial charge >= 0.3 is 6.18 Å². The number of nitrogens with zero attached hydrogens (tertiary/aromatic N) is 3. The summed E-state index contributed by atoms with van der Waals surface area (Å²) in [4.78, 5) is 22.6. The molecule has 0 aliphatic rings. The third-order valence-electron chi connectivity index (χ3n) is 4.32. The standard InChI is InChI=1S/C23H22F3N5O/c1-31(2)14-3-5-21(32)30-18-10-11-20(19(15-18)22-27-12-4-13-28-22)29-17-8-6-16(7-9-17)23(24,25)26/h3-13,15,29H,14H2,1-2H3,(H,30,32)/b5-3+. The van der Waals surface area contributed by atoms with Crippen LogP contribution in [0.5, 0.6) is 0 Å². The van der Waals surface area contributed by atoms with Crippen LogP contribution in [0.4, 0.5) is 30.2 Å². The zero-order valence-corrected chi connectivity index (χ0v) is 17.5. The van der Waals surface area contributed by atoms with Gasteiger partial charge in [0, 0.05) is 47.6 Å². The quantitative estimate of drug-likeness (QED) is 0.507. The predicted octanol–water partition coefficient (Wildman–Crippen LogP) is 4.96. The molecule has 1 amide bonds. The first-order valence-corrected chi connectivity index (χ1v) is 9.70. The minimum atomic E-state index is -4.40. The number of amides is 1. The Morgan fingerprint density at radius 3 is 2.31 bits per heavy atom. The minimum Gasteiger partial charge on any atom is -0.355 e. The van der Waals surface area contributed by atoms with Gasteiger partial charge in [-0.05, 0) is 62.6 Å². The van der Waals surface area contributed by atoms with Crippen LogP contribution in [0.3, 0.4) is 0 Å². The molecule has 3 aromatic rings. The number of benzene rings is 2. The number of nitrogens with one attached hydrogen (secondary N) is 2. The highest BCUT2D eigenvalue weighted by atomic mass is 19.4. The summed E-state index contributed by atoms with van der Waals surface area (Å²) in [6.45, 7) is 0.631. The van der Waals surface area contributed by atoms with Crippen molar-refractivity contribution in [3.05, 3.63) is 78.6 Å². The number of hydrogen-bond donors (Lipinski definition) is 2. The molecule has 9 heteroatoms. The zero-order valence-electron chi connectivity index (χ0n) is 17.5. The van der Waals surface area contributed by atoms with Gasteiger partial charge in [0.05, 0.1) is 5.56 Å². The van der Waals surface area contributed by atoms with Gasteiger partial charge in [-0.25, -0.2) is 9.97 Å². The van der Waals surface area contributed by atoms with Crippen molar-refractivity contribution in [2.75, 3.05) is 31.3 Å². The Hall–Kier alpha value is -3.72. The highest BCUT2D eigenvalue weighted by molar-refractivity contribution is 6.00. The fraction of sp³-hybridized carbons (Fsp3) is 0.174. The molecule has 0 radical (unpaired) electrons. The lowest BCUT2D eigenvalue weighted by Gasteiger charge is -2.14. The molecule has 2 N–H and O–H groups in total. The van der Waals surface area contributed by atoms with E-state index in [9.17, 15) is 18.0 Å². The molecule has 0 aliphatic carbocycles. The van der Waals surface area contributed by atoms with Gasteiger partial charge in [0.1, 0.15) is 0 Å². The Labute approximate surface area is 183 Å². The Morgan fingerprint density at radius 1 is 1.03 bits per heavy atom. The van der Waals surface area contributed by atoms with Gasteiger partial charge in [-0.1, -0.05) is 6.08 Å². The Bertz CT molecular complexity index is 1080. The van der Waals surface area contributed by atoms with E-state index in [-0.39, 0.29) is 5.91 Å². The van der Waals surface area contributed by atoms with Crippen molar-refractivity contribution in [1.82, 2.24) is 14.9 Å². The lowest BCUT2D eigenvalue weighted by Crippen LogP contribution is -2.13. The fourth-order valence-electron chi connectivity index (χ4n) is 2.81. The number of aromatic nitrogens is 2. The normalized spacial score (nSPS) is 11.7. The van der Waals surface area contributed by atoms with Crippen LogP contribution in [-0.4, -0.2) is 41.4 Å². The average Bonchev–Trinajstić information content (AvgIpc) is 2.75. The van der Waals surface area contributed by atoms with Gasteiger partial charge < -0.3 is 15.5 Å². The molecule has 6 nitrogen and oxygen atoms in total. The van der Waals surface area contributed by atoms with Crippen molar-refractivity contribution >= 4 is 23.0 Å². The van der Waals surface area contributed by atoms with Crippen LogP contribution in [0, 0.1) is 0 Å². The Kier molecular flexibility index (Phi) is 7.21. The molecule has 0 saturated heterocycles. The number of anilines is 3. The Balaban J connectivity index is 1.86. The van der Waals surface area contributed by atoms with E-state index in [1.165, 1.54) is 18.2 Å². The highest BCUT2D eigenvalue weighted by Crippen LogP contribution is 2.33. The molecule has 0 fully saturated rings. The summed E-state index contributed by atoms with van der Waals surface area (Å²) in [5, 5.41) is 5.89. The van der Waals surface area contributed by atoms with E-state index in [2.05, 4.69) is 20.6 Å². The largest absolute Gasteiger partial charge is 0.416 e. The molecule has 0 bridgehead atoms. The van der Waals surface area contributed by atoms with Crippen molar-refractivity contribution in [3.63, 3.8) is 0 Å². The fourth-order valence-corrected chi connectivity index (χ4v) is 2.81. The van der Waals surface area contributed by atoms with E-state index >= 15 is 0 Å². The average molecular weight is 441 g/mol.